The molecule has 2 nitrogen and oxygen atoms in total. The molecule has 1 heterocycles. The van der Waals surface area contributed by atoms with E-state index in [0.717, 1.165) is 6.54 Å². The lowest BCUT2D eigenvalue weighted by Crippen LogP contribution is -2.56. The third-order valence-corrected chi connectivity index (χ3v) is 3.86. The first kappa shape index (κ1) is 14.0. The predicted octanol–water partition coefficient (Wildman–Crippen LogP) is 3.02. The van der Waals surface area contributed by atoms with Crippen LogP contribution in [0.15, 0.2) is 0 Å². The van der Waals surface area contributed by atoms with Gasteiger partial charge >= 0.3 is 0 Å². The monoisotopic (exact) mass is 226 g/mol. The Bertz CT molecular complexity index is 166. The fourth-order valence-electron chi connectivity index (χ4n) is 3.22. The van der Waals surface area contributed by atoms with Crippen LogP contribution in [0.25, 0.3) is 0 Å². The van der Waals surface area contributed by atoms with Gasteiger partial charge in [0.15, 0.2) is 0 Å². The van der Waals surface area contributed by atoms with Crippen LogP contribution in [0.2, 0.25) is 0 Å². The molecule has 16 heavy (non-hydrogen) atoms. The second-order valence-electron chi connectivity index (χ2n) is 5.56. The number of unbranched alkanes of at least 4 members (excludes halogenated alkanes) is 2. The van der Waals surface area contributed by atoms with Crippen molar-refractivity contribution in [1.29, 1.82) is 0 Å². The number of hydrogen-bond acceptors (Lipinski definition) is 2. The molecule has 0 unspecified atom stereocenters. The molecule has 0 bridgehead atoms. The molecule has 0 aliphatic carbocycles. The minimum atomic E-state index is 0.692. The van der Waals surface area contributed by atoms with Gasteiger partial charge in [0.25, 0.3) is 0 Å². The van der Waals surface area contributed by atoms with Crippen molar-refractivity contribution in [3.05, 3.63) is 0 Å². The van der Waals surface area contributed by atoms with Crippen molar-refractivity contribution >= 4 is 0 Å². The minimum Gasteiger partial charge on any atom is -0.330 e. The van der Waals surface area contributed by atoms with Crippen LogP contribution < -0.4 is 5.73 Å². The van der Waals surface area contributed by atoms with Gasteiger partial charge in [-0.15, -0.1) is 0 Å². The summed E-state index contributed by atoms with van der Waals surface area (Å²) in [5.74, 6) is 0. The summed E-state index contributed by atoms with van der Waals surface area (Å²) in [5, 5.41) is 0. The number of nitrogens with two attached hydrogens (primary N) is 1. The first-order chi connectivity index (χ1) is 7.76. The standard InChI is InChI=1S/C14H30N2/c1-3-8-14(9-4-2)12-16(13-14)11-7-5-6-10-15/h3-13,15H2,1-2H3. The van der Waals surface area contributed by atoms with Crippen molar-refractivity contribution in [1.82, 2.24) is 4.90 Å². The molecule has 0 radical (unpaired) electrons. The third kappa shape index (κ3) is 4.06. The van der Waals surface area contributed by atoms with Gasteiger partial charge in [0.2, 0.25) is 0 Å². The lowest BCUT2D eigenvalue weighted by molar-refractivity contribution is -0.0151. The van der Waals surface area contributed by atoms with Gasteiger partial charge in [-0.2, -0.15) is 0 Å². The van der Waals surface area contributed by atoms with Crippen molar-refractivity contribution < 1.29 is 0 Å². The SMILES string of the molecule is CCCC1(CCC)CN(CCCCCN)C1. The van der Waals surface area contributed by atoms with E-state index in [1.54, 1.807) is 0 Å². The van der Waals surface area contributed by atoms with Crippen LogP contribution in [0.3, 0.4) is 0 Å². The van der Waals surface area contributed by atoms with Crippen molar-refractivity contribution in [2.75, 3.05) is 26.2 Å². The Kier molecular flexibility index (Phi) is 6.37. The van der Waals surface area contributed by atoms with E-state index < -0.39 is 0 Å². The van der Waals surface area contributed by atoms with E-state index in [9.17, 15) is 0 Å². The van der Waals surface area contributed by atoms with Crippen molar-refractivity contribution in [2.45, 2.75) is 58.8 Å². The summed E-state index contributed by atoms with van der Waals surface area (Å²) in [6, 6.07) is 0. The lowest BCUT2D eigenvalue weighted by Gasteiger charge is -2.51. The molecule has 0 atom stereocenters. The van der Waals surface area contributed by atoms with Crippen LogP contribution >= 0.6 is 0 Å². The average molecular weight is 226 g/mol. The van der Waals surface area contributed by atoms with Crippen LogP contribution in [-0.4, -0.2) is 31.1 Å². The van der Waals surface area contributed by atoms with Gasteiger partial charge in [0.1, 0.15) is 0 Å². The summed E-state index contributed by atoms with van der Waals surface area (Å²) in [4.78, 5) is 2.64. The van der Waals surface area contributed by atoms with Crippen molar-refractivity contribution in [3.63, 3.8) is 0 Å². The lowest BCUT2D eigenvalue weighted by atomic mass is 9.72. The van der Waals surface area contributed by atoms with Crippen LogP contribution in [0.4, 0.5) is 0 Å². The zero-order valence-electron chi connectivity index (χ0n) is 11.3. The average Bonchev–Trinajstić information content (AvgIpc) is 2.22. The Balaban J connectivity index is 2.12. The molecule has 0 amide bonds. The molecular formula is C14H30N2. The number of hydrogen-bond donors (Lipinski definition) is 1. The molecule has 1 aliphatic rings. The zero-order chi connectivity index (χ0) is 11.9. The van der Waals surface area contributed by atoms with Crippen molar-refractivity contribution in [3.8, 4) is 0 Å². The van der Waals surface area contributed by atoms with Crippen molar-refractivity contribution in [2.24, 2.45) is 11.1 Å². The van der Waals surface area contributed by atoms with Gasteiger partial charge in [-0.3, -0.25) is 0 Å². The topological polar surface area (TPSA) is 29.3 Å². The number of likely N-dealkylation sites (tertiary alicyclic amines) is 1. The first-order valence-electron chi connectivity index (χ1n) is 7.19. The van der Waals surface area contributed by atoms with Crippen LogP contribution in [0, 0.1) is 5.41 Å². The summed E-state index contributed by atoms with van der Waals surface area (Å²) in [5.41, 5.74) is 6.19. The number of nitrogens with zero attached hydrogens (tertiary/aromatic N) is 1. The highest BCUT2D eigenvalue weighted by atomic mass is 15.2. The first-order valence-corrected chi connectivity index (χ1v) is 7.19. The van der Waals surface area contributed by atoms with E-state index in [1.807, 2.05) is 0 Å². The Hall–Kier alpha value is -0.0800. The molecular weight excluding hydrogens is 196 g/mol. The van der Waals surface area contributed by atoms with E-state index in [4.69, 9.17) is 5.73 Å². The third-order valence-electron chi connectivity index (χ3n) is 3.86. The fourth-order valence-corrected chi connectivity index (χ4v) is 3.22. The normalized spacial score (nSPS) is 19.7. The maximum atomic E-state index is 5.50. The summed E-state index contributed by atoms with van der Waals surface area (Å²) in [7, 11) is 0. The molecule has 96 valence electrons. The molecule has 1 fully saturated rings. The van der Waals surface area contributed by atoms with Crippen LogP contribution in [0.1, 0.15) is 58.8 Å². The summed E-state index contributed by atoms with van der Waals surface area (Å²) in [6.45, 7) is 9.52. The minimum absolute atomic E-state index is 0.692. The molecule has 1 saturated heterocycles. The zero-order valence-corrected chi connectivity index (χ0v) is 11.3. The summed E-state index contributed by atoms with van der Waals surface area (Å²) in [6.07, 6.45) is 9.40. The fraction of sp³-hybridized carbons (Fsp3) is 1.00. The smallest absolute Gasteiger partial charge is 0.00505 e. The maximum absolute atomic E-state index is 5.50. The van der Waals surface area contributed by atoms with Gasteiger partial charge in [-0.25, -0.2) is 0 Å². The predicted molar refractivity (Wildman–Crippen MR) is 71.6 cm³/mol. The number of rotatable bonds is 9. The molecule has 1 rings (SSSR count). The molecule has 0 aromatic rings. The van der Waals surface area contributed by atoms with E-state index in [1.165, 1.54) is 64.6 Å². The van der Waals surface area contributed by atoms with Gasteiger partial charge in [-0.05, 0) is 44.2 Å². The van der Waals surface area contributed by atoms with Gasteiger partial charge in [0, 0.05) is 13.1 Å². The highest BCUT2D eigenvalue weighted by molar-refractivity contribution is 4.93. The van der Waals surface area contributed by atoms with Gasteiger partial charge in [0.05, 0.1) is 0 Å². The van der Waals surface area contributed by atoms with Gasteiger partial charge < -0.3 is 10.6 Å². The molecule has 0 aromatic carbocycles. The second kappa shape index (κ2) is 7.29. The largest absolute Gasteiger partial charge is 0.330 e. The molecule has 0 aromatic heterocycles. The molecule has 2 N–H and O–H groups in total. The maximum Gasteiger partial charge on any atom is 0.00505 e. The summed E-state index contributed by atoms with van der Waals surface area (Å²) >= 11 is 0. The van der Waals surface area contributed by atoms with Crippen LogP contribution in [-0.2, 0) is 0 Å². The highest BCUT2D eigenvalue weighted by Gasteiger charge is 2.40. The second-order valence-corrected chi connectivity index (χ2v) is 5.56. The quantitative estimate of drug-likeness (QED) is 0.612. The van der Waals surface area contributed by atoms with E-state index >= 15 is 0 Å². The molecule has 1 aliphatic heterocycles. The Morgan fingerprint density at radius 2 is 1.62 bits per heavy atom. The van der Waals surface area contributed by atoms with E-state index in [0.29, 0.717) is 5.41 Å². The highest BCUT2D eigenvalue weighted by Crippen LogP contribution is 2.39. The Labute approximate surface area is 102 Å². The van der Waals surface area contributed by atoms with E-state index in [-0.39, 0.29) is 0 Å². The molecule has 0 spiro atoms. The van der Waals surface area contributed by atoms with E-state index in [2.05, 4.69) is 18.7 Å². The Morgan fingerprint density at radius 1 is 1.00 bits per heavy atom. The summed E-state index contributed by atoms with van der Waals surface area (Å²) < 4.78 is 0. The van der Waals surface area contributed by atoms with Gasteiger partial charge in [-0.1, -0.05) is 33.1 Å². The molecule has 2 heteroatoms. The Morgan fingerprint density at radius 3 is 2.12 bits per heavy atom. The molecule has 0 saturated carbocycles. The van der Waals surface area contributed by atoms with Crippen LogP contribution in [0.5, 0.6) is 0 Å².